The number of hydrogen-bond donors (Lipinski definition) is 1. The topological polar surface area (TPSA) is 72.2 Å². The number of hydrogen-bond acceptors (Lipinski definition) is 5. The molecule has 0 aliphatic rings. The molecular weight excluding hydrogens is 360 g/mol. The summed E-state index contributed by atoms with van der Waals surface area (Å²) in [6.45, 7) is 1.95. The van der Waals surface area contributed by atoms with Gasteiger partial charge in [-0.15, -0.1) is 11.3 Å². The highest BCUT2D eigenvalue weighted by Gasteiger charge is 2.23. The number of carbonyl (C=O) groups excluding carboxylic acids is 1. The Morgan fingerprint density at radius 3 is 2.67 bits per heavy atom. The van der Waals surface area contributed by atoms with E-state index in [9.17, 15) is 14.7 Å². The molecule has 134 valence electrons. The average molecular weight is 376 g/mol. The number of pyridine rings is 2. The summed E-state index contributed by atoms with van der Waals surface area (Å²) in [6, 6.07) is 14.2. The van der Waals surface area contributed by atoms with Crippen LogP contribution in [0.25, 0.3) is 16.7 Å². The van der Waals surface area contributed by atoms with E-state index in [0.29, 0.717) is 16.7 Å². The number of aryl methyl sites for hydroxylation is 1. The van der Waals surface area contributed by atoms with Crippen LogP contribution in [0.15, 0.2) is 64.9 Å². The largest absolute Gasteiger partial charge is 0.506 e. The monoisotopic (exact) mass is 376 g/mol. The van der Waals surface area contributed by atoms with Crippen LogP contribution in [-0.2, 0) is 6.42 Å². The van der Waals surface area contributed by atoms with Gasteiger partial charge in [0, 0.05) is 17.5 Å². The zero-order chi connectivity index (χ0) is 19.0. The van der Waals surface area contributed by atoms with Crippen LogP contribution in [0.5, 0.6) is 5.75 Å². The van der Waals surface area contributed by atoms with Gasteiger partial charge in [-0.3, -0.25) is 14.2 Å². The molecule has 0 atom stereocenters. The Balaban J connectivity index is 1.96. The number of aromatic nitrogens is 2. The van der Waals surface area contributed by atoms with Gasteiger partial charge in [0.05, 0.1) is 11.1 Å². The van der Waals surface area contributed by atoms with Crippen LogP contribution in [0.2, 0.25) is 0 Å². The fourth-order valence-corrected chi connectivity index (χ4v) is 3.98. The molecule has 0 radical (unpaired) electrons. The van der Waals surface area contributed by atoms with Crippen LogP contribution >= 0.6 is 11.3 Å². The molecule has 3 aromatic heterocycles. The summed E-state index contributed by atoms with van der Waals surface area (Å²) < 4.78 is 1.38. The highest BCUT2D eigenvalue weighted by Crippen LogP contribution is 2.28. The number of aromatic hydroxyl groups is 1. The highest BCUT2D eigenvalue weighted by atomic mass is 32.1. The van der Waals surface area contributed by atoms with E-state index < -0.39 is 11.3 Å². The minimum atomic E-state index is -0.567. The Morgan fingerprint density at radius 1 is 1.19 bits per heavy atom. The predicted molar refractivity (Wildman–Crippen MR) is 106 cm³/mol. The second kappa shape index (κ2) is 6.81. The normalized spacial score (nSPS) is 11.0. The van der Waals surface area contributed by atoms with Gasteiger partial charge in [0.25, 0.3) is 5.56 Å². The molecule has 27 heavy (non-hydrogen) atoms. The molecule has 4 rings (SSSR count). The summed E-state index contributed by atoms with van der Waals surface area (Å²) in [5, 5.41) is 13.0. The van der Waals surface area contributed by atoms with Gasteiger partial charge in [0.2, 0.25) is 0 Å². The number of fused-ring (bicyclic) bond motifs is 1. The van der Waals surface area contributed by atoms with Gasteiger partial charge >= 0.3 is 0 Å². The molecule has 0 spiro atoms. The molecule has 0 fully saturated rings. The number of benzene rings is 1. The van der Waals surface area contributed by atoms with Gasteiger partial charge in [-0.05, 0) is 48.2 Å². The fraction of sp³-hybridized carbons (Fsp3) is 0.0952. The zero-order valence-electron chi connectivity index (χ0n) is 14.5. The number of carbonyl (C=O) groups is 1. The van der Waals surface area contributed by atoms with Gasteiger partial charge in [0.15, 0.2) is 11.4 Å². The number of ketones is 1. The van der Waals surface area contributed by atoms with Gasteiger partial charge in [-0.25, -0.2) is 4.98 Å². The molecule has 1 N–H and O–H groups in total. The first-order valence-electron chi connectivity index (χ1n) is 8.41. The smallest absolute Gasteiger partial charge is 0.271 e. The molecule has 0 aliphatic heterocycles. The van der Waals surface area contributed by atoms with Crippen molar-refractivity contribution in [2.45, 2.75) is 13.3 Å². The van der Waals surface area contributed by atoms with Crippen molar-refractivity contribution in [1.29, 1.82) is 0 Å². The van der Waals surface area contributed by atoms with Crippen molar-refractivity contribution in [3.05, 3.63) is 86.5 Å². The van der Waals surface area contributed by atoms with Crippen LogP contribution < -0.4 is 5.56 Å². The Bertz CT molecular complexity index is 1210. The van der Waals surface area contributed by atoms with Crippen molar-refractivity contribution in [2.24, 2.45) is 0 Å². The van der Waals surface area contributed by atoms with E-state index in [0.717, 1.165) is 10.4 Å². The van der Waals surface area contributed by atoms with Gasteiger partial charge in [-0.1, -0.05) is 18.2 Å². The molecule has 1 aromatic carbocycles. The number of rotatable bonds is 4. The molecule has 6 heteroatoms. The fourth-order valence-electron chi connectivity index (χ4n) is 3.10. The Hall–Kier alpha value is -3.25. The molecule has 0 saturated carbocycles. The minimum Gasteiger partial charge on any atom is -0.506 e. The lowest BCUT2D eigenvalue weighted by molar-refractivity contribution is 0.0989. The van der Waals surface area contributed by atoms with Crippen molar-refractivity contribution in [3.8, 4) is 11.4 Å². The summed E-state index contributed by atoms with van der Waals surface area (Å²) >= 11 is 1.46. The van der Waals surface area contributed by atoms with E-state index in [2.05, 4.69) is 4.98 Å². The molecule has 0 bridgehead atoms. The first-order valence-corrected chi connectivity index (χ1v) is 9.29. The maximum atomic E-state index is 13.2. The molecule has 4 aromatic rings. The standard InChI is InChI=1S/C21H16N2O3S/c1-13-10-15(27-12-13)11-17(24)18-19(25)16-8-5-9-22-20(16)23(21(18)26)14-6-3-2-4-7-14/h2-10,12,25H,11H2,1H3. The van der Waals surface area contributed by atoms with E-state index in [-0.39, 0.29) is 17.7 Å². The maximum Gasteiger partial charge on any atom is 0.271 e. The van der Waals surface area contributed by atoms with Gasteiger partial charge in [0.1, 0.15) is 11.3 Å². The van der Waals surface area contributed by atoms with Crippen molar-refractivity contribution >= 4 is 28.2 Å². The third-order valence-corrected chi connectivity index (χ3v) is 5.37. The van der Waals surface area contributed by atoms with Gasteiger partial charge in [-0.2, -0.15) is 0 Å². The first-order chi connectivity index (χ1) is 13.1. The first kappa shape index (κ1) is 17.2. The molecule has 0 aliphatic carbocycles. The number of Topliss-reactive ketones (excluding diaryl/α,β-unsaturated/α-hetero) is 1. The van der Waals surface area contributed by atoms with Crippen LogP contribution in [0.4, 0.5) is 0 Å². The molecule has 0 amide bonds. The van der Waals surface area contributed by atoms with Crippen LogP contribution in [0.1, 0.15) is 20.8 Å². The van der Waals surface area contributed by atoms with Crippen molar-refractivity contribution in [2.75, 3.05) is 0 Å². The quantitative estimate of drug-likeness (QED) is 0.549. The predicted octanol–water partition coefficient (Wildman–Crippen LogP) is 3.89. The lowest BCUT2D eigenvalue weighted by atomic mass is 10.0. The van der Waals surface area contributed by atoms with Crippen molar-refractivity contribution in [3.63, 3.8) is 0 Å². The van der Waals surface area contributed by atoms with Crippen LogP contribution in [0, 0.1) is 6.92 Å². The molecule has 5 nitrogen and oxygen atoms in total. The second-order valence-corrected chi connectivity index (χ2v) is 7.26. The minimum absolute atomic E-state index is 0.0713. The summed E-state index contributed by atoms with van der Waals surface area (Å²) in [5.74, 6) is -0.719. The molecule has 0 saturated heterocycles. The van der Waals surface area contributed by atoms with E-state index in [4.69, 9.17) is 0 Å². The van der Waals surface area contributed by atoms with E-state index in [1.807, 2.05) is 24.4 Å². The van der Waals surface area contributed by atoms with Crippen molar-refractivity contribution in [1.82, 2.24) is 9.55 Å². The lowest BCUT2D eigenvalue weighted by Crippen LogP contribution is -2.27. The van der Waals surface area contributed by atoms with E-state index >= 15 is 0 Å². The lowest BCUT2D eigenvalue weighted by Gasteiger charge is -2.13. The third kappa shape index (κ3) is 3.04. The highest BCUT2D eigenvalue weighted by molar-refractivity contribution is 7.10. The summed E-state index contributed by atoms with van der Waals surface area (Å²) in [5.41, 5.74) is 1.20. The van der Waals surface area contributed by atoms with Crippen LogP contribution in [0.3, 0.4) is 0 Å². The maximum absolute atomic E-state index is 13.2. The second-order valence-electron chi connectivity index (χ2n) is 6.26. The number of nitrogens with zero attached hydrogens (tertiary/aromatic N) is 2. The van der Waals surface area contributed by atoms with Gasteiger partial charge < -0.3 is 5.11 Å². The van der Waals surface area contributed by atoms with E-state index in [1.165, 1.54) is 15.9 Å². The number of para-hydroxylation sites is 1. The summed E-state index contributed by atoms with van der Waals surface area (Å²) in [7, 11) is 0. The molecular formula is C21H16N2O3S. The summed E-state index contributed by atoms with van der Waals surface area (Å²) in [4.78, 5) is 31.2. The summed E-state index contributed by atoms with van der Waals surface area (Å²) in [6.07, 6.45) is 1.62. The van der Waals surface area contributed by atoms with Crippen LogP contribution in [-0.4, -0.2) is 20.4 Å². The Morgan fingerprint density at radius 2 is 1.96 bits per heavy atom. The average Bonchev–Trinajstić information content (AvgIpc) is 3.07. The molecule has 3 heterocycles. The molecule has 0 unspecified atom stereocenters. The van der Waals surface area contributed by atoms with Crippen molar-refractivity contribution < 1.29 is 9.90 Å². The SMILES string of the molecule is Cc1csc(CC(=O)c2c(O)c3cccnc3n(-c3ccccc3)c2=O)c1. The Labute approximate surface area is 159 Å². The third-order valence-electron chi connectivity index (χ3n) is 4.32. The zero-order valence-corrected chi connectivity index (χ0v) is 15.4. The number of thiophene rings is 1. The Kier molecular flexibility index (Phi) is 4.33. The van der Waals surface area contributed by atoms with E-state index in [1.54, 1.807) is 42.6 Å².